The Morgan fingerprint density at radius 3 is 2.62 bits per heavy atom. The van der Waals surface area contributed by atoms with Gasteiger partial charge in [-0.15, -0.1) is 0 Å². The number of nitriles is 1. The van der Waals surface area contributed by atoms with E-state index in [1.807, 2.05) is 4.90 Å². The summed E-state index contributed by atoms with van der Waals surface area (Å²) < 4.78 is 32.7. The summed E-state index contributed by atoms with van der Waals surface area (Å²) in [4.78, 5) is 21.4. The third kappa shape index (κ3) is 4.08. The van der Waals surface area contributed by atoms with E-state index in [1.54, 1.807) is 37.1 Å². The number of nitrogens with zero attached hydrogens (tertiary/aromatic N) is 6. The Kier molecular flexibility index (Phi) is 6.17. The highest BCUT2D eigenvalue weighted by molar-refractivity contribution is 7.89. The quantitative estimate of drug-likeness (QED) is 0.672. The Bertz CT molecular complexity index is 1130. The molecule has 11 heteroatoms. The highest BCUT2D eigenvalue weighted by Crippen LogP contribution is 2.29. The molecule has 0 bridgehead atoms. The third-order valence-corrected chi connectivity index (χ3v) is 8.21. The molecule has 2 aromatic rings. The van der Waals surface area contributed by atoms with E-state index in [9.17, 15) is 18.5 Å². The van der Waals surface area contributed by atoms with Crippen molar-refractivity contribution in [2.75, 3.05) is 44.2 Å². The lowest BCUT2D eigenvalue weighted by atomic mass is 9.97. The van der Waals surface area contributed by atoms with Gasteiger partial charge in [-0.1, -0.05) is 5.16 Å². The number of anilines is 1. The Morgan fingerprint density at radius 2 is 1.97 bits per heavy atom. The third-order valence-electron chi connectivity index (χ3n) is 6.10. The number of hydrogen-bond donors (Lipinski definition) is 0. The molecule has 4 rings (SSSR count). The molecule has 0 aromatic carbocycles. The number of aryl methyl sites for hydroxylation is 2. The molecule has 1 amide bonds. The highest BCUT2D eigenvalue weighted by atomic mass is 32.2. The maximum atomic E-state index is 13.2. The van der Waals surface area contributed by atoms with Gasteiger partial charge in [0.2, 0.25) is 15.9 Å². The van der Waals surface area contributed by atoms with E-state index >= 15 is 0 Å². The number of carbonyl (C=O) groups is 1. The monoisotopic (exact) mass is 458 g/mol. The van der Waals surface area contributed by atoms with Crippen LogP contribution in [0.2, 0.25) is 0 Å². The van der Waals surface area contributed by atoms with Gasteiger partial charge in [0.05, 0.1) is 11.5 Å². The SMILES string of the molecule is Cc1noc(C)c1S(=O)(=O)N1CCCC(C(=O)N2CCN(c3ncccc3C#N)CC2)C1. The summed E-state index contributed by atoms with van der Waals surface area (Å²) in [6, 6.07) is 5.62. The molecule has 0 radical (unpaired) electrons. The van der Waals surface area contributed by atoms with Gasteiger partial charge in [-0.2, -0.15) is 9.57 Å². The van der Waals surface area contributed by atoms with E-state index in [-0.39, 0.29) is 29.0 Å². The molecule has 4 heterocycles. The fourth-order valence-electron chi connectivity index (χ4n) is 4.47. The number of aromatic nitrogens is 2. The molecule has 32 heavy (non-hydrogen) atoms. The molecular formula is C21H26N6O4S. The summed E-state index contributed by atoms with van der Waals surface area (Å²) in [5, 5.41) is 13.1. The zero-order valence-electron chi connectivity index (χ0n) is 18.2. The van der Waals surface area contributed by atoms with Gasteiger partial charge in [-0.3, -0.25) is 4.79 Å². The first-order valence-electron chi connectivity index (χ1n) is 10.6. The number of rotatable bonds is 4. The van der Waals surface area contributed by atoms with Crippen molar-refractivity contribution >= 4 is 21.7 Å². The van der Waals surface area contributed by atoms with Gasteiger partial charge in [0.25, 0.3) is 0 Å². The molecule has 0 aliphatic carbocycles. The Morgan fingerprint density at radius 1 is 1.22 bits per heavy atom. The van der Waals surface area contributed by atoms with Crippen LogP contribution in [0.1, 0.15) is 29.9 Å². The van der Waals surface area contributed by atoms with Crippen molar-refractivity contribution in [1.29, 1.82) is 5.26 Å². The van der Waals surface area contributed by atoms with Crippen molar-refractivity contribution in [3.8, 4) is 6.07 Å². The fourth-order valence-corrected chi connectivity index (χ4v) is 6.28. The summed E-state index contributed by atoms with van der Waals surface area (Å²) in [6.45, 7) is 5.88. The Labute approximate surface area is 187 Å². The standard InChI is InChI=1S/C21H26N6O4S/c1-15-19(16(2)31-24-15)32(29,30)27-8-4-6-18(14-27)21(28)26-11-9-25(10-12-26)20-17(13-22)5-3-7-23-20/h3,5,7,18H,4,6,8-12,14H2,1-2H3. The number of hydrogen-bond acceptors (Lipinski definition) is 8. The first kappa shape index (κ1) is 22.2. The number of carbonyl (C=O) groups excluding carboxylic acids is 1. The summed E-state index contributed by atoms with van der Waals surface area (Å²) in [6.07, 6.45) is 2.94. The van der Waals surface area contributed by atoms with Crippen LogP contribution in [0, 0.1) is 31.1 Å². The number of pyridine rings is 1. The summed E-state index contributed by atoms with van der Waals surface area (Å²) in [7, 11) is -3.77. The largest absolute Gasteiger partial charge is 0.360 e. The first-order chi connectivity index (χ1) is 15.3. The van der Waals surface area contributed by atoms with Crippen LogP contribution in [-0.4, -0.2) is 72.9 Å². The van der Waals surface area contributed by atoms with Crippen molar-refractivity contribution in [1.82, 2.24) is 19.3 Å². The maximum absolute atomic E-state index is 13.2. The van der Waals surface area contributed by atoms with Crippen LogP contribution in [0.25, 0.3) is 0 Å². The first-order valence-corrected chi connectivity index (χ1v) is 12.1. The number of sulfonamides is 1. The molecule has 10 nitrogen and oxygen atoms in total. The topological polar surface area (TPSA) is 124 Å². The van der Waals surface area contributed by atoms with Crippen LogP contribution >= 0.6 is 0 Å². The van der Waals surface area contributed by atoms with Crippen molar-refractivity contribution < 1.29 is 17.7 Å². The van der Waals surface area contributed by atoms with E-state index in [2.05, 4.69) is 16.2 Å². The summed E-state index contributed by atoms with van der Waals surface area (Å²) >= 11 is 0. The van der Waals surface area contributed by atoms with E-state index in [0.29, 0.717) is 62.6 Å². The zero-order valence-corrected chi connectivity index (χ0v) is 19.0. The van der Waals surface area contributed by atoms with Crippen LogP contribution in [-0.2, 0) is 14.8 Å². The van der Waals surface area contributed by atoms with Crippen LogP contribution in [0.3, 0.4) is 0 Å². The molecular weight excluding hydrogens is 432 g/mol. The molecule has 0 N–H and O–H groups in total. The average molecular weight is 459 g/mol. The van der Waals surface area contributed by atoms with Crippen molar-refractivity contribution in [2.45, 2.75) is 31.6 Å². The fraction of sp³-hybridized carbons (Fsp3) is 0.524. The minimum Gasteiger partial charge on any atom is -0.360 e. The lowest BCUT2D eigenvalue weighted by molar-refractivity contribution is -0.137. The average Bonchev–Trinajstić information content (AvgIpc) is 3.17. The second-order valence-corrected chi connectivity index (χ2v) is 10.0. The minimum absolute atomic E-state index is 0.0233. The predicted molar refractivity (Wildman–Crippen MR) is 115 cm³/mol. The van der Waals surface area contributed by atoms with Gasteiger partial charge in [-0.05, 0) is 38.8 Å². The van der Waals surface area contributed by atoms with Gasteiger partial charge < -0.3 is 14.3 Å². The van der Waals surface area contributed by atoms with Gasteiger partial charge in [0.1, 0.15) is 22.5 Å². The number of amides is 1. The van der Waals surface area contributed by atoms with Crippen LogP contribution in [0.5, 0.6) is 0 Å². The van der Waals surface area contributed by atoms with E-state index in [4.69, 9.17) is 4.52 Å². The molecule has 2 aliphatic rings. The number of piperazine rings is 1. The predicted octanol–water partition coefficient (Wildman–Crippen LogP) is 1.31. The highest BCUT2D eigenvalue weighted by Gasteiger charge is 2.38. The van der Waals surface area contributed by atoms with Crippen LogP contribution in [0.4, 0.5) is 5.82 Å². The lowest BCUT2D eigenvalue weighted by Gasteiger charge is -2.39. The molecule has 0 spiro atoms. The molecule has 170 valence electrons. The van der Waals surface area contributed by atoms with E-state index in [0.717, 1.165) is 0 Å². The van der Waals surface area contributed by atoms with Gasteiger partial charge in [0.15, 0.2) is 5.76 Å². The maximum Gasteiger partial charge on any atom is 0.248 e. The van der Waals surface area contributed by atoms with Crippen molar-refractivity contribution in [3.05, 3.63) is 35.3 Å². The lowest BCUT2D eigenvalue weighted by Crippen LogP contribution is -2.53. The van der Waals surface area contributed by atoms with E-state index in [1.165, 1.54) is 4.31 Å². The molecule has 2 fully saturated rings. The van der Waals surface area contributed by atoms with Gasteiger partial charge in [-0.25, -0.2) is 13.4 Å². The minimum atomic E-state index is -3.77. The number of piperidine rings is 1. The molecule has 0 saturated carbocycles. The van der Waals surface area contributed by atoms with Crippen molar-refractivity contribution in [2.24, 2.45) is 5.92 Å². The normalized spacial score (nSPS) is 20.2. The Balaban J connectivity index is 1.42. The van der Waals surface area contributed by atoms with Gasteiger partial charge >= 0.3 is 0 Å². The molecule has 2 saturated heterocycles. The second-order valence-electron chi connectivity index (χ2n) is 8.15. The zero-order chi connectivity index (χ0) is 22.9. The summed E-state index contributed by atoms with van der Waals surface area (Å²) in [5.74, 6) is 0.495. The van der Waals surface area contributed by atoms with E-state index < -0.39 is 10.0 Å². The van der Waals surface area contributed by atoms with Gasteiger partial charge in [0, 0.05) is 45.5 Å². The molecule has 1 unspecified atom stereocenters. The molecule has 2 aromatic heterocycles. The molecule has 2 aliphatic heterocycles. The van der Waals surface area contributed by atoms with Crippen LogP contribution < -0.4 is 4.90 Å². The second kappa shape index (κ2) is 8.88. The Hall–Kier alpha value is -2.97. The van der Waals surface area contributed by atoms with Crippen molar-refractivity contribution in [3.63, 3.8) is 0 Å². The van der Waals surface area contributed by atoms with Crippen LogP contribution in [0.15, 0.2) is 27.7 Å². The molecule has 1 atom stereocenters. The smallest absolute Gasteiger partial charge is 0.248 e. The summed E-state index contributed by atoms with van der Waals surface area (Å²) in [5.41, 5.74) is 0.845.